The van der Waals surface area contributed by atoms with Gasteiger partial charge in [0.05, 0.1) is 27.8 Å². The van der Waals surface area contributed by atoms with Gasteiger partial charge in [-0.15, -0.1) is 0 Å². The molecule has 0 saturated heterocycles. The first-order valence-electron chi connectivity index (χ1n) is 16.6. The normalized spacial score (nSPS) is 12.2. The van der Waals surface area contributed by atoms with Crippen molar-refractivity contribution in [3.05, 3.63) is 170 Å². The van der Waals surface area contributed by atoms with Gasteiger partial charge in [-0.3, -0.25) is 0 Å². The van der Waals surface area contributed by atoms with Crippen LogP contribution in [0.2, 0.25) is 0 Å². The maximum atomic E-state index is 2.51. The van der Waals surface area contributed by atoms with Crippen LogP contribution in [0, 0.1) is 0 Å². The second kappa shape index (κ2) is 9.57. The summed E-state index contributed by atoms with van der Waals surface area (Å²) in [6.45, 7) is 0. The fraction of sp³-hybridized carbons (Fsp3) is 0. The third kappa shape index (κ3) is 3.36. The first-order chi connectivity index (χ1) is 23.8. The maximum absolute atomic E-state index is 2.51. The van der Waals surface area contributed by atoms with Crippen LogP contribution in [0.4, 0.5) is 0 Å². The van der Waals surface area contributed by atoms with Gasteiger partial charge in [-0.1, -0.05) is 133 Å². The van der Waals surface area contributed by atoms with E-state index < -0.39 is 0 Å². The highest BCUT2D eigenvalue weighted by Gasteiger charge is 2.21. The Hall–Kier alpha value is -6.38. The molecule has 2 aromatic heterocycles. The Bertz CT molecular complexity index is 3110. The molecule has 0 aliphatic rings. The SMILES string of the molecule is c1ccc2c(-n3c4ccccc4c4cc(-n5c6ccccc6c6c7ccccc7c7c8ccccc8ccc7c65)ccc43)cccc2c1. The summed E-state index contributed by atoms with van der Waals surface area (Å²) in [7, 11) is 0. The predicted molar refractivity (Wildman–Crippen MR) is 205 cm³/mol. The molecule has 0 spiro atoms. The Kier molecular flexibility index (Phi) is 5.14. The van der Waals surface area contributed by atoms with E-state index in [-0.39, 0.29) is 0 Å². The zero-order chi connectivity index (χ0) is 31.3. The summed E-state index contributed by atoms with van der Waals surface area (Å²) < 4.78 is 4.95. The van der Waals surface area contributed by atoms with Crippen LogP contribution in [0.25, 0.3) is 98.1 Å². The fourth-order valence-electron chi connectivity index (χ4n) is 8.48. The van der Waals surface area contributed by atoms with Gasteiger partial charge in [-0.25, -0.2) is 0 Å². The second-order valence-corrected chi connectivity index (χ2v) is 12.9. The van der Waals surface area contributed by atoms with E-state index in [9.17, 15) is 0 Å². The number of benzene rings is 9. The molecule has 222 valence electrons. The molecule has 48 heavy (non-hydrogen) atoms. The lowest BCUT2D eigenvalue weighted by Gasteiger charge is -2.15. The molecule has 0 unspecified atom stereocenters. The van der Waals surface area contributed by atoms with Crippen LogP contribution in [0.5, 0.6) is 0 Å². The van der Waals surface area contributed by atoms with E-state index in [0.717, 1.165) is 0 Å². The minimum atomic E-state index is 1.17. The lowest BCUT2D eigenvalue weighted by Crippen LogP contribution is -1.97. The van der Waals surface area contributed by atoms with Crippen molar-refractivity contribution in [2.75, 3.05) is 0 Å². The molecule has 0 fully saturated rings. The van der Waals surface area contributed by atoms with E-state index in [1.54, 1.807) is 0 Å². The van der Waals surface area contributed by atoms with Crippen molar-refractivity contribution in [2.45, 2.75) is 0 Å². The zero-order valence-electron chi connectivity index (χ0n) is 26.1. The van der Waals surface area contributed by atoms with Crippen LogP contribution in [0.15, 0.2) is 170 Å². The topological polar surface area (TPSA) is 9.86 Å². The molecule has 2 heterocycles. The number of para-hydroxylation sites is 2. The van der Waals surface area contributed by atoms with E-state index in [2.05, 4.69) is 179 Å². The molecule has 0 saturated carbocycles. The first kappa shape index (κ1) is 25.8. The van der Waals surface area contributed by atoms with Gasteiger partial charge < -0.3 is 9.13 Å². The molecule has 11 rings (SSSR count). The standard InChI is InChI=1S/C46H28N2/c1-3-15-32-29(12-1)14-11-23-40(32)48-41-21-9-7-17-34(41)39-28-31(25-27-43(39)48)47-42-22-10-8-20-37(42)45-36-19-6-5-18-35(36)44-33-16-4-2-13-30(33)24-26-38(44)46(45)47/h1-28H. The summed E-state index contributed by atoms with van der Waals surface area (Å²) in [6, 6.07) is 62.5. The number of fused-ring (bicyclic) bond motifs is 14. The minimum absolute atomic E-state index is 1.17. The molecule has 11 aromatic rings. The van der Waals surface area contributed by atoms with Gasteiger partial charge >= 0.3 is 0 Å². The number of hydrogen-bond donors (Lipinski definition) is 0. The Morgan fingerprint density at radius 3 is 1.65 bits per heavy atom. The summed E-state index contributed by atoms with van der Waals surface area (Å²) in [4.78, 5) is 0. The molecule has 2 heteroatoms. The van der Waals surface area contributed by atoms with Gasteiger partial charge in [0, 0.05) is 38.0 Å². The molecular weight excluding hydrogens is 581 g/mol. The number of aromatic nitrogens is 2. The average molecular weight is 609 g/mol. The van der Waals surface area contributed by atoms with Crippen LogP contribution in [-0.2, 0) is 0 Å². The number of nitrogens with zero attached hydrogens (tertiary/aromatic N) is 2. The quantitative estimate of drug-likeness (QED) is 0.173. The Morgan fingerprint density at radius 1 is 0.292 bits per heavy atom. The van der Waals surface area contributed by atoms with Crippen LogP contribution in [0.3, 0.4) is 0 Å². The molecule has 0 aliphatic heterocycles. The highest BCUT2D eigenvalue weighted by Crippen LogP contribution is 2.45. The first-order valence-corrected chi connectivity index (χ1v) is 16.6. The lowest BCUT2D eigenvalue weighted by atomic mass is 9.93. The van der Waals surface area contributed by atoms with E-state index in [1.165, 1.54) is 98.1 Å². The van der Waals surface area contributed by atoms with Crippen LogP contribution in [0.1, 0.15) is 0 Å². The molecular formula is C46H28N2. The molecule has 0 amide bonds. The number of hydrogen-bond acceptors (Lipinski definition) is 0. The van der Waals surface area contributed by atoms with Gasteiger partial charge in [0.25, 0.3) is 0 Å². The zero-order valence-corrected chi connectivity index (χ0v) is 26.1. The fourth-order valence-corrected chi connectivity index (χ4v) is 8.48. The third-order valence-electron chi connectivity index (χ3n) is 10.4. The van der Waals surface area contributed by atoms with Crippen molar-refractivity contribution in [2.24, 2.45) is 0 Å². The molecule has 0 aliphatic carbocycles. The van der Waals surface area contributed by atoms with E-state index >= 15 is 0 Å². The summed E-state index contributed by atoms with van der Waals surface area (Å²) in [6.07, 6.45) is 0. The maximum Gasteiger partial charge on any atom is 0.0626 e. The van der Waals surface area contributed by atoms with Gasteiger partial charge in [-0.2, -0.15) is 0 Å². The minimum Gasteiger partial charge on any atom is -0.309 e. The van der Waals surface area contributed by atoms with Crippen LogP contribution < -0.4 is 0 Å². The molecule has 0 atom stereocenters. The highest BCUT2D eigenvalue weighted by molar-refractivity contribution is 6.36. The van der Waals surface area contributed by atoms with Crippen LogP contribution >= 0.6 is 0 Å². The molecule has 0 bridgehead atoms. The van der Waals surface area contributed by atoms with E-state index in [1.807, 2.05) is 0 Å². The van der Waals surface area contributed by atoms with Crippen molar-refractivity contribution in [3.8, 4) is 11.4 Å². The summed E-state index contributed by atoms with van der Waals surface area (Å²) >= 11 is 0. The number of rotatable bonds is 2. The smallest absolute Gasteiger partial charge is 0.0626 e. The summed E-state index contributed by atoms with van der Waals surface area (Å²) in [5.74, 6) is 0. The summed E-state index contributed by atoms with van der Waals surface area (Å²) in [5, 5.41) is 15.3. The predicted octanol–water partition coefficient (Wildman–Crippen LogP) is 12.5. The second-order valence-electron chi connectivity index (χ2n) is 12.9. The van der Waals surface area contributed by atoms with Crippen molar-refractivity contribution in [1.82, 2.24) is 9.13 Å². The summed E-state index contributed by atoms with van der Waals surface area (Å²) in [5.41, 5.74) is 7.26. The van der Waals surface area contributed by atoms with Gasteiger partial charge in [-0.05, 0) is 68.7 Å². The molecule has 0 radical (unpaired) electrons. The van der Waals surface area contributed by atoms with Gasteiger partial charge in [0.1, 0.15) is 0 Å². The van der Waals surface area contributed by atoms with Crippen molar-refractivity contribution < 1.29 is 0 Å². The van der Waals surface area contributed by atoms with E-state index in [4.69, 9.17) is 0 Å². The molecule has 0 N–H and O–H groups in total. The van der Waals surface area contributed by atoms with Crippen molar-refractivity contribution in [1.29, 1.82) is 0 Å². The Labute approximate surface area is 276 Å². The molecule has 9 aromatic carbocycles. The van der Waals surface area contributed by atoms with Gasteiger partial charge in [0.15, 0.2) is 0 Å². The third-order valence-corrected chi connectivity index (χ3v) is 10.4. The van der Waals surface area contributed by atoms with Gasteiger partial charge in [0.2, 0.25) is 0 Å². The van der Waals surface area contributed by atoms with Crippen LogP contribution in [-0.4, -0.2) is 9.13 Å². The molecule has 2 nitrogen and oxygen atoms in total. The van der Waals surface area contributed by atoms with E-state index in [0.29, 0.717) is 0 Å². The largest absolute Gasteiger partial charge is 0.309 e. The monoisotopic (exact) mass is 608 g/mol. The Morgan fingerprint density at radius 2 is 0.854 bits per heavy atom. The highest BCUT2D eigenvalue weighted by atomic mass is 15.0. The van der Waals surface area contributed by atoms with Crippen molar-refractivity contribution >= 4 is 86.7 Å². The average Bonchev–Trinajstić information content (AvgIpc) is 3.68. The van der Waals surface area contributed by atoms with Crippen molar-refractivity contribution in [3.63, 3.8) is 0 Å². The lowest BCUT2D eigenvalue weighted by molar-refractivity contribution is 1.18. The Balaban J connectivity index is 1.30.